The van der Waals surface area contributed by atoms with E-state index in [0.29, 0.717) is 36.3 Å². The summed E-state index contributed by atoms with van der Waals surface area (Å²) >= 11 is 0. The minimum absolute atomic E-state index is 0.0641. The van der Waals surface area contributed by atoms with E-state index in [0.717, 1.165) is 38.5 Å². The third-order valence-electron chi connectivity index (χ3n) is 5.89. The number of ether oxygens (including phenoxy) is 1. The standard InChI is InChI=1S/C19H31N5O3/c1-11-3-4-13(9-16(11)25)22-18-15(17(20)26)10-21-19(24-18)23-12-5-7-14(27-2)8-6-12/h10-14,16,25H,3-9H2,1-2H3,(H2,20,26)(H2,21,22,23,24)/t11-,12-,13+,14-,16-/m1/s1. The molecule has 0 aliphatic heterocycles. The third kappa shape index (κ3) is 5.07. The number of rotatable bonds is 6. The average Bonchev–Trinajstić information content (AvgIpc) is 2.65. The molecule has 1 aromatic heterocycles. The van der Waals surface area contributed by atoms with Crippen LogP contribution in [0.5, 0.6) is 0 Å². The zero-order valence-corrected chi connectivity index (χ0v) is 16.1. The zero-order chi connectivity index (χ0) is 19.4. The third-order valence-corrected chi connectivity index (χ3v) is 5.89. The van der Waals surface area contributed by atoms with Gasteiger partial charge in [-0.2, -0.15) is 4.98 Å². The molecule has 0 spiro atoms. The molecule has 2 fully saturated rings. The molecular weight excluding hydrogens is 346 g/mol. The number of anilines is 2. The highest BCUT2D eigenvalue weighted by molar-refractivity contribution is 5.97. The highest BCUT2D eigenvalue weighted by Crippen LogP contribution is 2.28. The van der Waals surface area contributed by atoms with Crippen molar-refractivity contribution in [3.8, 4) is 0 Å². The van der Waals surface area contributed by atoms with Crippen LogP contribution in [0, 0.1) is 5.92 Å². The molecule has 150 valence electrons. The maximum atomic E-state index is 11.8. The molecule has 3 atom stereocenters. The minimum Gasteiger partial charge on any atom is -0.393 e. The number of nitrogens with zero attached hydrogens (tertiary/aromatic N) is 2. The van der Waals surface area contributed by atoms with Crippen molar-refractivity contribution < 1.29 is 14.6 Å². The fourth-order valence-electron chi connectivity index (χ4n) is 3.99. The summed E-state index contributed by atoms with van der Waals surface area (Å²) in [6, 6.07) is 0.357. The van der Waals surface area contributed by atoms with E-state index in [1.165, 1.54) is 6.20 Å². The van der Waals surface area contributed by atoms with Gasteiger partial charge in [-0.3, -0.25) is 4.79 Å². The average molecular weight is 377 g/mol. The molecule has 1 aromatic rings. The summed E-state index contributed by atoms with van der Waals surface area (Å²) < 4.78 is 5.41. The van der Waals surface area contributed by atoms with Gasteiger partial charge in [-0.25, -0.2) is 4.98 Å². The fourth-order valence-corrected chi connectivity index (χ4v) is 3.99. The number of aromatic nitrogens is 2. The summed E-state index contributed by atoms with van der Waals surface area (Å²) in [6.07, 6.45) is 7.96. The van der Waals surface area contributed by atoms with Crippen LogP contribution in [0.25, 0.3) is 0 Å². The van der Waals surface area contributed by atoms with Crippen LogP contribution in [0.4, 0.5) is 11.8 Å². The molecule has 0 aromatic carbocycles. The first-order valence-corrected chi connectivity index (χ1v) is 9.87. The highest BCUT2D eigenvalue weighted by atomic mass is 16.5. The molecular formula is C19H31N5O3. The molecule has 3 rings (SSSR count). The Kier molecular flexibility index (Phi) is 6.49. The van der Waals surface area contributed by atoms with Crippen molar-refractivity contribution in [2.24, 2.45) is 11.7 Å². The van der Waals surface area contributed by atoms with Crippen LogP contribution < -0.4 is 16.4 Å². The number of methoxy groups -OCH3 is 1. The fraction of sp³-hybridized carbons (Fsp3) is 0.737. The Morgan fingerprint density at radius 3 is 2.52 bits per heavy atom. The van der Waals surface area contributed by atoms with Gasteiger partial charge in [-0.1, -0.05) is 6.92 Å². The lowest BCUT2D eigenvalue weighted by atomic mass is 9.85. The summed E-state index contributed by atoms with van der Waals surface area (Å²) in [4.78, 5) is 20.6. The second-order valence-electron chi connectivity index (χ2n) is 7.87. The van der Waals surface area contributed by atoms with Crippen LogP contribution >= 0.6 is 0 Å². The number of primary amides is 1. The van der Waals surface area contributed by atoms with Gasteiger partial charge >= 0.3 is 0 Å². The van der Waals surface area contributed by atoms with E-state index in [1.807, 2.05) is 0 Å². The molecule has 2 aliphatic rings. The second kappa shape index (κ2) is 8.84. The van der Waals surface area contributed by atoms with Crippen LogP contribution in [-0.2, 0) is 4.74 Å². The van der Waals surface area contributed by atoms with Crippen LogP contribution in [0.2, 0.25) is 0 Å². The molecule has 5 N–H and O–H groups in total. The number of amides is 1. The number of carbonyl (C=O) groups is 1. The van der Waals surface area contributed by atoms with Crippen molar-refractivity contribution in [3.63, 3.8) is 0 Å². The molecule has 0 radical (unpaired) electrons. The van der Waals surface area contributed by atoms with Gasteiger partial charge in [0.1, 0.15) is 5.82 Å². The number of hydrogen-bond acceptors (Lipinski definition) is 7. The molecule has 0 bridgehead atoms. The lowest BCUT2D eigenvalue weighted by Gasteiger charge is -2.32. The van der Waals surface area contributed by atoms with Gasteiger partial charge in [0, 0.05) is 25.4 Å². The van der Waals surface area contributed by atoms with Crippen molar-refractivity contribution in [2.45, 2.75) is 76.2 Å². The maximum Gasteiger partial charge on any atom is 0.254 e. The molecule has 8 heteroatoms. The first-order chi connectivity index (χ1) is 13.0. The number of carbonyl (C=O) groups excluding carboxylic acids is 1. The van der Waals surface area contributed by atoms with Gasteiger partial charge in [0.2, 0.25) is 5.95 Å². The first-order valence-electron chi connectivity index (χ1n) is 9.87. The van der Waals surface area contributed by atoms with E-state index in [4.69, 9.17) is 10.5 Å². The number of aliphatic hydroxyl groups is 1. The summed E-state index contributed by atoms with van der Waals surface area (Å²) in [7, 11) is 1.75. The smallest absolute Gasteiger partial charge is 0.254 e. The van der Waals surface area contributed by atoms with E-state index in [2.05, 4.69) is 27.5 Å². The van der Waals surface area contributed by atoms with E-state index < -0.39 is 5.91 Å². The van der Waals surface area contributed by atoms with Gasteiger partial charge in [-0.15, -0.1) is 0 Å². The Hall–Kier alpha value is -1.93. The molecule has 2 aliphatic carbocycles. The number of nitrogens with two attached hydrogens (primary N) is 1. The minimum atomic E-state index is -0.561. The Balaban J connectivity index is 1.68. The van der Waals surface area contributed by atoms with Crippen molar-refractivity contribution in [1.82, 2.24) is 9.97 Å². The van der Waals surface area contributed by atoms with E-state index >= 15 is 0 Å². The topological polar surface area (TPSA) is 122 Å². The molecule has 1 amide bonds. The number of nitrogens with one attached hydrogen (secondary N) is 2. The predicted octanol–water partition coefficient (Wildman–Crippen LogP) is 1.91. The Bertz CT molecular complexity index is 648. The van der Waals surface area contributed by atoms with Crippen molar-refractivity contribution in [2.75, 3.05) is 17.7 Å². The number of hydrogen-bond donors (Lipinski definition) is 4. The van der Waals surface area contributed by atoms with Gasteiger partial charge < -0.3 is 26.2 Å². The van der Waals surface area contributed by atoms with Crippen LogP contribution in [-0.4, -0.2) is 52.4 Å². The van der Waals surface area contributed by atoms with Gasteiger partial charge in [0.05, 0.1) is 17.8 Å². The van der Waals surface area contributed by atoms with E-state index in [9.17, 15) is 9.90 Å². The van der Waals surface area contributed by atoms with Crippen LogP contribution in [0.3, 0.4) is 0 Å². The highest BCUT2D eigenvalue weighted by Gasteiger charge is 2.27. The summed E-state index contributed by atoms with van der Waals surface area (Å²) in [5.41, 5.74) is 5.77. The SMILES string of the molecule is CO[C@H]1CC[C@H](Nc2ncc(C(N)=O)c(N[C@H]3CC[C@@H](C)[C@H](O)C3)n2)CC1. The maximum absolute atomic E-state index is 11.8. The second-order valence-corrected chi connectivity index (χ2v) is 7.87. The normalized spacial score (nSPS) is 31.3. The van der Waals surface area contributed by atoms with E-state index in [1.54, 1.807) is 7.11 Å². The Morgan fingerprint density at radius 2 is 1.89 bits per heavy atom. The largest absolute Gasteiger partial charge is 0.393 e. The zero-order valence-electron chi connectivity index (χ0n) is 16.1. The van der Waals surface area contributed by atoms with Crippen molar-refractivity contribution >= 4 is 17.7 Å². The van der Waals surface area contributed by atoms with Gasteiger partial charge in [0.15, 0.2) is 0 Å². The lowest BCUT2D eigenvalue weighted by molar-refractivity contribution is 0.0681. The molecule has 2 saturated carbocycles. The van der Waals surface area contributed by atoms with E-state index in [-0.39, 0.29) is 17.7 Å². The first kappa shape index (κ1) is 19.8. The molecule has 0 saturated heterocycles. The predicted molar refractivity (Wildman–Crippen MR) is 104 cm³/mol. The lowest BCUT2D eigenvalue weighted by Crippen LogP contribution is -2.36. The van der Waals surface area contributed by atoms with Crippen LogP contribution in [0.15, 0.2) is 6.20 Å². The molecule has 1 heterocycles. The quantitative estimate of drug-likeness (QED) is 0.597. The Morgan fingerprint density at radius 1 is 1.19 bits per heavy atom. The van der Waals surface area contributed by atoms with Crippen molar-refractivity contribution in [3.05, 3.63) is 11.8 Å². The van der Waals surface area contributed by atoms with Crippen molar-refractivity contribution in [1.29, 1.82) is 0 Å². The van der Waals surface area contributed by atoms with Gasteiger partial charge in [-0.05, 0) is 50.9 Å². The number of aliphatic hydroxyl groups excluding tert-OH is 1. The molecule has 0 unspecified atom stereocenters. The Labute approximate surface area is 160 Å². The molecule has 8 nitrogen and oxygen atoms in total. The summed E-state index contributed by atoms with van der Waals surface area (Å²) in [5, 5.41) is 16.8. The van der Waals surface area contributed by atoms with Crippen LogP contribution in [0.1, 0.15) is 62.2 Å². The molecule has 27 heavy (non-hydrogen) atoms. The van der Waals surface area contributed by atoms with Gasteiger partial charge in [0.25, 0.3) is 5.91 Å². The summed E-state index contributed by atoms with van der Waals surface area (Å²) in [6.45, 7) is 2.06. The monoisotopic (exact) mass is 377 g/mol. The summed E-state index contributed by atoms with van der Waals surface area (Å²) in [5.74, 6) is 0.670.